The molecule has 0 radical (unpaired) electrons. The number of sulfone groups is 1. The maximum Gasteiger partial charge on any atom is 0.257 e. The number of ether oxygens (including phenoxy) is 1. The topological polar surface area (TPSA) is 94.3 Å². The summed E-state index contributed by atoms with van der Waals surface area (Å²) in [6.45, 7) is 2.07. The lowest BCUT2D eigenvalue weighted by molar-refractivity contribution is 0.00755. The molecule has 2 fully saturated rings. The van der Waals surface area contributed by atoms with Gasteiger partial charge in [0, 0.05) is 19.0 Å². The number of hydrogen-bond acceptors (Lipinski definition) is 7. The molecule has 1 N–H and O–H groups in total. The summed E-state index contributed by atoms with van der Waals surface area (Å²) < 4.78 is 33.5. The zero-order chi connectivity index (χ0) is 12.6. The molecule has 1 aromatic rings. The van der Waals surface area contributed by atoms with Crippen LogP contribution in [-0.4, -0.2) is 49.8 Å². The third-order valence-electron chi connectivity index (χ3n) is 3.26. The molecule has 8 heteroatoms. The molecule has 2 unspecified atom stereocenters. The average Bonchev–Trinajstić information content (AvgIpc) is 2.96. The van der Waals surface area contributed by atoms with E-state index in [4.69, 9.17) is 9.26 Å². The van der Waals surface area contributed by atoms with Crippen LogP contribution in [0.4, 0.5) is 0 Å². The highest BCUT2D eigenvalue weighted by atomic mass is 32.2. The molecule has 0 saturated carbocycles. The Balaban J connectivity index is 1.73. The van der Waals surface area contributed by atoms with Crippen LogP contribution in [0.1, 0.15) is 30.2 Å². The largest absolute Gasteiger partial charge is 0.366 e. The van der Waals surface area contributed by atoms with E-state index in [1.54, 1.807) is 0 Å². The van der Waals surface area contributed by atoms with Crippen molar-refractivity contribution in [2.45, 2.75) is 18.4 Å². The Morgan fingerprint density at radius 3 is 2.94 bits per heavy atom. The van der Waals surface area contributed by atoms with Crippen LogP contribution in [0, 0.1) is 0 Å². The van der Waals surface area contributed by atoms with E-state index in [9.17, 15) is 8.42 Å². The average molecular weight is 273 g/mol. The summed E-state index contributed by atoms with van der Waals surface area (Å²) in [6, 6.07) is 0. The lowest BCUT2D eigenvalue weighted by Gasteiger charge is -2.19. The van der Waals surface area contributed by atoms with Crippen molar-refractivity contribution >= 4 is 9.84 Å². The first kappa shape index (κ1) is 12.1. The smallest absolute Gasteiger partial charge is 0.257 e. The first-order chi connectivity index (χ1) is 8.64. The fourth-order valence-electron chi connectivity index (χ4n) is 2.27. The molecule has 3 heterocycles. The van der Waals surface area contributed by atoms with Crippen molar-refractivity contribution in [2.75, 3.05) is 31.2 Å². The van der Waals surface area contributed by atoms with Crippen molar-refractivity contribution in [1.82, 2.24) is 15.5 Å². The minimum absolute atomic E-state index is 0.121. The van der Waals surface area contributed by atoms with Crippen molar-refractivity contribution in [3.8, 4) is 0 Å². The minimum atomic E-state index is -2.92. The summed E-state index contributed by atoms with van der Waals surface area (Å²) in [5.74, 6) is 1.12. The number of nitrogens with one attached hydrogen (secondary N) is 1. The molecular formula is C10H15N3O4S. The van der Waals surface area contributed by atoms with Gasteiger partial charge in [-0.25, -0.2) is 8.42 Å². The minimum Gasteiger partial charge on any atom is -0.366 e. The normalized spacial score (nSPS) is 31.6. The summed E-state index contributed by atoms with van der Waals surface area (Å²) >= 11 is 0. The number of rotatable bonds is 2. The van der Waals surface area contributed by atoms with E-state index in [0.717, 1.165) is 6.54 Å². The van der Waals surface area contributed by atoms with Crippen molar-refractivity contribution in [3.05, 3.63) is 11.7 Å². The van der Waals surface area contributed by atoms with Crippen LogP contribution in [0.5, 0.6) is 0 Å². The second kappa shape index (κ2) is 4.60. The Morgan fingerprint density at radius 1 is 1.39 bits per heavy atom. The van der Waals surface area contributed by atoms with Gasteiger partial charge in [0.1, 0.15) is 6.10 Å². The predicted molar refractivity (Wildman–Crippen MR) is 61.9 cm³/mol. The highest BCUT2D eigenvalue weighted by Gasteiger charge is 2.33. The summed E-state index contributed by atoms with van der Waals surface area (Å²) in [5, 5.41) is 7.06. The lowest BCUT2D eigenvalue weighted by atomic mass is 10.1. The SMILES string of the molecule is O=S1(=O)CCC(c2noc(C3CNCCO3)n2)C1. The third-order valence-corrected chi connectivity index (χ3v) is 5.03. The molecule has 100 valence electrons. The van der Waals surface area contributed by atoms with E-state index in [-0.39, 0.29) is 23.5 Å². The molecule has 2 atom stereocenters. The molecule has 2 aliphatic heterocycles. The first-order valence-corrected chi connectivity index (χ1v) is 7.82. The maximum atomic E-state index is 11.4. The van der Waals surface area contributed by atoms with Gasteiger partial charge in [-0.15, -0.1) is 0 Å². The Labute approximate surface area is 105 Å². The first-order valence-electron chi connectivity index (χ1n) is 6.00. The van der Waals surface area contributed by atoms with Crippen LogP contribution >= 0.6 is 0 Å². The monoisotopic (exact) mass is 273 g/mol. The Kier molecular flexibility index (Phi) is 3.08. The van der Waals surface area contributed by atoms with Crippen molar-refractivity contribution < 1.29 is 17.7 Å². The van der Waals surface area contributed by atoms with E-state index in [1.807, 2.05) is 0 Å². The zero-order valence-electron chi connectivity index (χ0n) is 9.83. The molecule has 0 aliphatic carbocycles. The van der Waals surface area contributed by atoms with Gasteiger partial charge in [0.25, 0.3) is 5.89 Å². The number of aromatic nitrogens is 2. The summed E-state index contributed by atoms with van der Waals surface area (Å²) in [7, 11) is -2.92. The van der Waals surface area contributed by atoms with E-state index in [1.165, 1.54) is 0 Å². The van der Waals surface area contributed by atoms with Gasteiger partial charge in [-0.2, -0.15) is 4.98 Å². The molecule has 0 spiro atoms. The Morgan fingerprint density at radius 2 is 2.28 bits per heavy atom. The fourth-order valence-corrected chi connectivity index (χ4v) is 4.01. The standard InChI is InChI=1S/C10H15N3O4S/c14-18(15)4-1-7(6-18)9-12-10(17-13-9)8-5-11-2-3-16-8/h7-8,11H,1-6H2. The summed E-state index contributed by atoms with van der Waals surface area (Å²) in [5.41, 5.74) is 0. The van der Waals surface area contributed by atoms with Crippen LogP contribution in [0.3, 0.4) is 0 Å². The lowest BCUT2D eigenvalue weighted by Crippen LogP contribution is -2.33. The van der Waals surface area contributed by atoms with Gasteiger partial charge in [0.2, 0.25) is 0 Å². The maximum absolute atomic E-state index is 11.4. The molecule has 1 aromatic heterocycles. The van der Waals surface area contributed by atoms with E-state index >= 15 is 0 Å². The summed E-state index contributed by atoms with van der Waals surface area (Å²) in [6.07, 6.45) is 0.350. The van der Waals surface area contributed by atoms with Gasteiger partial charge in [-0.05, 0) is 6.42 Å². The van der Waals surface area contributed by atoms with Crippen molar-refractivity contribution in [3.63, 3.8) is 0 Å². The van der Waals surface area contributed by atoms with Gasteiger partial charge in [0.15, 0.2) is 15.7 Å². The van der Waals surface area contributed by atoms with Gasteiger partial charge >= 0.3 is 0 Å². The fraction of sp³-hybridized carbons (Fsp3) is 0.800. The predicted octanol–water partition coefficient (Wildman–Crippen LogP) is -0.367. The van der Waals surface area contributed by atoms with Crippen LogP contribution in [0.2, 0.25) is 0 Å². The molecule has 7 nitrogen and oxygen atoms in total. The van der Waals surface area contributed by atoms with Crippen molar-refractivity contribution in [2.24, 2.45) is 0 Å². The van der Waals surface area contributed by atoms with Crippen LogP contribution in [-0.2, 0) is 14.6 Å². The van der Waals surface area contributed by atoms with Crippen molar-refractivity contribution in [1.29, 1.82) is 0 Å². The number of morpholine rings is 1. The molecule has 2 aliphatic rings. The van der Waals surface area contributed by atoms with Gasteiger partial charge in [0.05, 0.1) is 18.1 Å². The molecular weight excluding hydrogens is 258 g/mol. The number of hydrogen-bond donors (Lipinski definition) is 1. The Hall–Kier alpha value is -0.990. The summed E-state index contributed by atoms with van der Waals surface area (Å²) in [4.78, 5) is 4.27. The Bertz CT molecular complexity index is 521. The second-order valence-electron chi connectivity index (χ2n) is 4.65. The van der Waals surface area contributed by atoms with Crippen LogP contribution in [0.25, 0.3) is 0 Å². The molecule has 3 rings (SSSR count). The van der Waals surface area contributed by atoms with Crippen LogP contribution < -0.4 is 5.32 Å². The second-order valence-corrected chi connectivity index (χ2v) is 6.88. The van der Waals surface area contributed by atoms with Gasteiger partial charge in [-0.3, -0.25) is 0 Å². The third kappa shape index (κ3) is 2.40. The molecule has 0 aromatic carbocycles. The number of nitrogens with zero attached hydrogens (tertiary/aromatic N) is 2. The van der Waals surface area contributed by atoms with E-state index in [2.05, 4.69) is 15.5 Å². The molecule has 2 saturated heterocycles. The molecule has 18 heavy (non-hydrogen) atoms. The molecule has 0 amide bonds. The van der Waals surface area contributed by atoms with Gasteiger partial charge < -0.3 is 14.6 Å². The van der Waals surface area contributed by atoms with E-state index in [0.29, 0.717) is 31.3 Å². The van der Waals surface area contributed by atoms with Crippen LogP contribution in [0.15, 0.2) is 4.52 Å². The molecule has 0 bridgehead atoms. The quantitative estimate of drug-likeness (QED) is 0.785. The van der Waals surface area contributed by atoms with E-state index < -0.39 is 9.84 Å². The zero-order valence-corrected chi connectivity index (χ0v) is 10.6. The van der Waals surface area contributed by atoms with Gasteiger partial charge in [-0.1, -0.05) is 5.16 Å². The highest BCUT2D eigenvalue weighted by molar-refractivity contribution is 7.91. The highest BCUT2D eigenvalue weighted by Crippen LogP contribution is 2.28.